The Morgan fingerprint density at radius 2 is 2.32 bits per heavy atom. The highest BCUT2D eigenvalue weighted by atomic mass is 32.1. The first-order chi connectivity index (χ1) is 9.10. The second-order valence-electron chi connectivity index (χ2n) is 3.79. The quantitative estimate of drug-likeness (QED) is 0.848. The van der Waals surface area contributed by atoms with Crippen LogP contribution in [-0.2, 0) is 4.74 Å². The Balaban J connectivity index is 2.87. The standard InChI is InChI=1S/C13H11N3O2S/c1-7-10(13(17)18-2)11(9-4-3-5-19-9)8(6-14)12(15)16-7/h3-5H,1-2H3,(H2,15,16). The summed E-state index contributed by atoms with van der Waals surface area (Å²) in [6.45, 7) is 1.67. The van der Waals surface area contributed by atoms with Crippen molar-refractivity contribution < 1.29 is 9.53 Å². The van der Waals surface area contributed by atoms with Crippen molar-refractivity contribution in [2.24, 2.45) is 0 Å². The Labute approximate surface area is 114 Å². The Bertz CT molecular complexity index is 672. The van der Waals surface area contributed by atoms with Gasteiger partial charge < -0.3 is 10.5 Å². The first-order valence-corrected chi connectivity index (χ1v) is 6.30. The molecule has 0 aliphatic carbocycles. The second-order valence-corrected chi connectivity index (χ2v) is 4.74. The van der Waals surface area contributed by atoms with Gasteiger partial charge in [0.1, 0.15) is 17.5 Å². The fourth-order valence-electron chi connectivity index (χ4n) is 1.86. The van der Waals surface area contributed by atoms with Gasteiger partial charge in [-0.1, -0.05) is 6.07 Å². The number of nitrogens with two attached hydrogens (primary N) is 1. The van der Waals surface area contributed by atoms with Gasteiger partial charge >= 0.3 is 5.97 Å². The van der Waals surface area contributed by atoms with Crippen LogP contribution in [0.1, 0.15) is 21.6 Å². The van der Waals surface area contributed by atoms with Gasteiger partial charge in [0.15, 0.2) is 0 Å². The van der Waals surface area contributed by atoms with Gasteiger partial charge in [0.25, 0.3) is 0 Å². The van der Waals surface area contributed by atoms with Crippen molar-refractivity contribution in [2.75, 3.05) is 12.8 Å². The highest BCUT2D eigenvalue weighted by molar-refractivity contribution is 7.13. The Hall–Kier alpha value is -2.39. The van der Waals surface area contributed by atoms with E-state index in [4.69, 9.17) is 10.5 Å². The summed E-state index contributed by atoms with van der Waals surface area (Å²) in [6, 6.07) is 5.68. The second kappa shape index (κ2) is 5.08. The van der Waals surface area contributed by atoms with Gasteiger partial charge in [-0.05, 0) is 18.4 Å². The molecule has 0 amide bonds. The van der Waals surface area contributed by atoms with Crippen molar-refractivity contribution in [3.05, 3.63) is 34.3 Å². The minimum absolute atomic E-state index is 0.121. The van der Waals surface area contributed by atoms with Crippen LogP contribution in [0.25, 0.3) is 10.4 Å². The van der Waals surface area contributed by atoms with Crippen LogP contribution < -0.4 is 5.73 Å². The van der Waals surface area contributed by atoms with E-state index in [0.29, 0.717) is 11.3 Å². The molecule has 0 radical (unpaired) electrons. The fourth-order valence-corrected chi connectivity index (χ4v) is 2.64. The predicted molar refractivity (Wildman–Crippen MR) is 72.8 cm³/mol. The van der Waals surface area contributed by atoms with E-state index in [1.165, 1.54) is 18.4 Å². The third-order valence-corrected chi connectivity index (χ3v) is 3.56. The molecule has 2 heterocycles. The smallest absolute Gasteiger partial charge is 0.340 e. The lowest BCUT2D eigenvalue weighted by atomic mass is 9.99. The van der Waals surface area contributed by atoms with Gasteiger partial charge in [0.05, 0.1) is 18.4 Å². The van der Waals surface area contributed by atoms with E-state index >= 15 is 0 Å². The number of nitriles is 1. The molecule has 0 atom stereocenters. The van der Waals surface area contributed by atoms with Crippen molar-refractivity contribution in [3.8, 4) is 16.5 Å². The molecule has 5 nitrogen and oxygen atoms in total. The molecule has 2 aromatic rings. The minimum atomic E-state index is -0.523. The number of nitrogen functional groups attached to an aromatic ring is 1. The number of methoxy groups -OCH3 is 1. The van der Waals surface area contributed by atoms with Gasteiger partial charge in [-0.15, -0.1) is 11.3 Å². The lowest BCUT2D eigenvalue weighted by Gasteiger charge is -2.12. The van der Waals surface area contributed by atoms with Crippen molar-refractivity contribution >= 4 is 23.1 Å². The van der Waals surface area contributed by atoms with E-state index in [1.54, 1.807) is 6.92 Å². The topological polar surface area (TPSA) is 89.0 Å². The molecular formula is C13H11N3O2S. The summed E-state index contributed by atoms with van der Waals surface area (Å²) in [5, 5.41) is 11.1. The maximum Gasteiger partial charge on any atom is 0.340 e. The predicted octanol–water partition coefficient (Wildman–Crippen LogP) is 2.36. The van der Waals surface area contributed by atoms with E-state index in [1.807, 2.05) is 23.6 Å². The SMILES string of the molecule is COC(=O)c1c(C)nc(N)c(C#N)c1-c1cccs1. The molecule has 19 heavy (non-hydrogen) atoms. The summed E-state index contributed by atoms with van der Waals surface area (Å²) in [6.07, 6.45) is 0. The highest BCUT2D eigenvalue weighted by Crippen LogP contribution is 2.35. The summed E-state index contributed by atoms with van der Waals surface area (Å²) >= 11 is 1.42. The fraction of sp³-hybridized carbons (Fsp3) is 0.154. The maximum absolute atomic E-state index is 11.9. The Morgan fingerprint density at radius 1 is 1.58 bits per heavy atom. The number of anilines is 1. The van der Waals surface area contributed by atoms with Gasteiger partial charge in [0.2, 0.25) is 0 Å². The zero-order valence-corrected chi connectivity index (χ0v) is 11.2. The molecule has 2 rings (SSSR count). The largest absolute Gasteiger partial charge is 0.465 e. The number of aromatic nitrogens is 1. The van der Waals surface area contributed by atoms with Crippen LogP contribution in [0.2, 0.25) is 0 Å². The first kappa shape index (κ1) is 13.1. The van der Waals surface area contributed by atoms with Gasteiger partial charge in [-0.25, -0.2) is 9.78 Å². The third-order valence-electron chi connectivity index (χ3n) is 2.67. The lowest BCUT2D eigenvalue weighted by Crippen LogP contribution is -2.11. The molecular weight excluding hydrogens is 262 g/mol. The monoisotopic (exact) mass is 273 g/mol. The van der Waals surface area contributed by atoms with E-state index in [-0.39, 0.29) is 16.9 Å². The third kappa shape index (κ3) is 2.16. The molecule has 0 fully saturated rings. The van der Waals surface area contributed by atoms with Crippen LogP contribution in [-0.4, -0.2) is 18.1 Å². The molecule has 2 N–H and O–H groups in total. The molecule has 0 aliphatic heterocycles. The summed E-state index contributed by atoms with van der Waals surface area (Å²) in [7, 11) is 1.29. The molecule has 0 bridgehead atoms. The van der Waals surface area contributed by atoms with E-state index in [9.17, 15) is 10.1 Å². The molecule has 0 aliphatic rings. The van der Waals surface area contributed by atoms with E-state index in [2.05, 4.69) is 4.98 Å². The number of nitrogens with zero attached hydrogens (tertiary/aromatic N) is 2. The zero-order valence-electron chi connectivity index (χ0n) is 10.4. The lowest BCUT2D eigenvalue weighted by molar-refractivity contribution is 0.0600. The van der Waals surface area contributed by atoms with Crippen molar-refractivity contribution in [1.29, 1.82) is 5.26 Å². The van der Waals surface area contributed by atoms with Crippen molar-refractivity contribution in [3.63, 3.8) is 0 Å². The Kier molecular flexibility index (Phi) is 3.49. The number of hydrogen-bond acceptors (Lipinski definition) is 6. The highest BCUT2D eigenvalue weighted by Gasteiger charge is 2.23. The average Bonchev–Trinajstić information content (AvgIpc) is 2.90. The van der Waals surface area contributed by atoms with Gasteiger partial charge in [-0.2, -0.15) is 5.26 Å². The molecule has 6 heteroatoms. The van der Waals surface area contributed by atoms with Gasteiger partial charge in [0, 0.05) is 10.4 Å². The summed E-state index contributed by atoms with van der Waals surface area (Å²) in [5.41, 5.74) is 7.20. The number of thiophene rings is 1. The molecule has 2 aromatic heterocycles. The average molecular weight is 273 g/mol. The molecule has 0 aromatic carbocycles. The normalized spacial score (nSPS) is 9.95. The van der Waals surface area contributed by atoms with Crippen LogP contribution in [0, 0.1) is 18.3 Å². The van der Waals surface area contributed by atoms with Crippen LogP contribution in [0.15, 0.2) is 17.5 Å². The van der Waals surface area contributed by atoms with Crippen LogP contribution in [0.3, 0.4) is 0 Å². The van der Waals surface area contributed by atoms with Crippen LogP contribution in [0.5, 0.6) is 0 Å². The maximum atomic E-state index is 11.9. The molecule has 0 spiro atoms. The Morgan fingerprint density at radius 3 is 2.84 bits per heavy atom. The summed E-state index contributed by atoms with van der Waals surface area (Å²) < 4.78 is 4.77. The number of pyridine rings is 1. The number of ether oxygens (including phenoxy) is 1. The number of esters is 1. The van der Waals surface area contributed by atoms with E-state index in [0.717, 1.165) is 4.88 Å². The van der Waals surface area contributed by atoms with Crippen molar-refractivity contribution in [1.82, 2.24) is 4.98 Å². The van der Waals surface area contributed by atoms with Crippen LogP contribution >= 0.6 is 11.3 Å². The molecule has 0 saturated heterocycles. The first-order valence-electron chi connectivity index (χ1n) is 5.42. The summed E-state index contributed by atoms with van der Waals surface area (Å²) in [4.78, 5) is 16.8. The van der Waals surface area contributed by atoms with Crippen LogP contribution in [0.4, 0.5) is 5.82 Å². The molecule has 96 valence electrons. The summed E-state index contributed by atoms with van der Waals surface area (Å²) in [5.74, 6) is -0.402. The number of carbonyl (C=O) groups excluding carboxylic acids is 1. The van der Waals surface area contributed by atoms with Crippen molar-refractivity contribution in [2.45, 2.75) is 6.92 Å². The number of hydrogen-bond donors (Lipinski definition) is 1. The molecule has 0 saturated carbocycles. The number of rotatable bonds is 2. The zero-order chi connectivity index (χ0) is 14.0. The number of carbonyl (C=O) groups is 1. The molecule has 0 unspecified atom stereocenters. The minimum Gasteiger partial charge on any atom is -0.465 e. The van der Waals surface area contributed by atoms with Gasteiger partial charge in [-0.3, -0.25) is 0 Å². The number of aryl methyl sites for hydroxylation is 1. The van der Waals surface area contributed by atoms with E-state index < -0.39 is 5.97 Å².